The molecule has 1 atom stereocenters. The number of sulfonamides is 1. The zero-order valence-corrected chi connectivity index (χ0v) is 11.3. The summed E-state index contributed by atoms with van der Waals surface area (Å²) >= 11 is 0. The van der Waals surface area contributed by atoms with Gasteiger partial charge in [0.25, 0.3) is 5.91 Å². The molecule has 0 aliphatic carbocycles. The number of nitrogens with zero attached hydrogens (tertiary/aromatic N) is 1. The number of nitrogens with one attached hydrogen (secondary N) is 1. The third kappa shape index (κ3) is 5.01. The molecule has 0 bridgehead atoms. The first-order valence-corrected chi connectivity index (χ1v) is 7.52. The first kappa shape index (κ1) is 14.4. The number of carbonyl (C=O) groups is 1. The average Bonchev–Trinajstić information content (AvgIpc) is 2.14. The Kier molecular flexibility index (Phi) is 4.91. The molecule has 1 heterocycles. The lowest BCUT2D eigenvalue weighted by Gasteiger charge is -2.35. The largest absolute Gasteiger partial charge is 0.378 e. The molecule has 1 fully saturated rings. The van der Waals surface area contributed by atoms with E-state index in [1.807, 2.05) is 9.62 Å². The number of hydrogen-bond donors (Lipinski definition) is 1. The molecule has 0 unspecified atom stereocenters. The lowest BCUT2D eigenvalue weighted by Crippen LogP contribution is -2.55. The maximum atomic E-state index is 11.8. The van der Waals surface area contributed by atoms with Crippen molar-refractivity contribution < 1.29 is 17.9 Å². The van der Waals surface area contributed by atoms with Crippen LogP contribution in [0.1, 0.15) is 13.8 Å². The van der Waals surface area contributed by atoms with Crippen molar-refractivity contribution in [3.8, 4) is 0 Å². The Balaban J connectivity index is 2.67. The number of amides is 1. The number of morpholine rings is 1. The van der Waals surface area contributed by atoms with E-state index in [0.717, 1.165) is 12.8 Å². The normalized spacial score (nSPS) is 22.7. The molecule has 0 aromatic heterocycles. The van der Waals surface area contributed by atoms with Gasteiger partial charge in [-0.25, -0.2) is 8.42 Å². The number of rotatable bonds is 4. The molecule has 1 amide bonds. The average molecular weight is 264 g/mol. The van der Waals surface area contributed by atoms with E-state index in [4.69, 9.17) is 4.74 Å². The summed E-state index contributed by atoms with van der Waals surface area (Å²) in [4.78, 5) is 13.8. The fourth-order valence-corrected chi connectivity index (χ4v) is 2.32. The van der Waals surface area contributed by atoms with Gasteiger partial charge in [-0.15, -0.1) is 0 Å². The molecule has 100 valence electrons. The summed E-state index contributed by atoms with van der Waals surface area (Å²) < 4.78 is 29.3. The predicted octanol–water partition coefficient (Wildman–Crippen LogP) is -0.581. The van der Waals surface area contributed by atoms with Crippen molar-refractivity contribution >= 4 is 15.9 Å². The Morgan fingerprint density at radius 2 is 2.18 bits per heavy atom. The first-order valence-electron chi connectivity index (χ1n) is 5.63. The van der Waals surface area contributed by atoms with Gasteiger partial charge in [-0.1, -0.05) is 13.8 Å². The van der Waals surface area contributed by atoms with Crippen molar-refractivity contribution in [2.45, 2.75) is 19.9 Å². The lowest BCUT2D eigenvalue weighted by molar-refractivity contribution is -0.131. The van der Waals surface area contributed by atoms with Crippen LogP contribution in [0, 0.1) is 5.92 Å². The smallest absolute Gasteiger partial charge is 0.253 e. The fraction of sp³-hybridized carbons (Fsp3) is 0.900. The molecular weight excluding hydrogens is 244 g/mol. The predicted molar refractivity (Wildman–Crippen MR) is 64.0 cm³/mol. The zero-order valence-electron chi connectivity index (χ0n) is 10.5. The van der Waals surface area contributed by atoms with Gasteiger partial charge in [-0.05, 0) is 5.92 Å². The molecule has 1 N–H and O–H groups in total. The van der Waals surface area contributed by atoms with Gasteiger partial charge in [0.2, 0.25) is 10.0 Å². The number of carbonyl (C=O) groups excluding carboxylic acids is 1. The summed E-state index contributed by atoms with van der Waals surface area (Å²) in [7, 11) is -3.51. The minimum atomic E-state index is -3.51. The van der Waals surface area contributed by atoms with Gasteiger partial charge in [0.1, 0.15) is 6.04 Å². The molecule has 0 aromatic rings. The summed E-state index contributed by atoms with van der Waals surface area (Å²) in [6.45, 7) is 6.34. The molecule has 1 saturated heterocycles. The van der Waals surface area contributed by atoms with Crippen LogP contribution in [0.5, 0.6) is 0 Å². The fourth-order valence-electron chi connectivity index (χ4n) is 1.82. The van der Waals surface area contributed by atoms with Crippen molar-refractivity contribution in [2.24, 2.45) is 5.92 Å². The van der Waals surface area contributed by atoms with Crippen LogP contribution in [0.4, 0.5) is 0 Å². The van der Waals surface area contributed by atoms with Crippen LogP contribution in [0.2, 0.25) is 0 Å². The highest BCUT2D eigenvalue weighted by molar-refractivity contribution is 7.89. The summed E-state index contributed by atoms with van der Waals surface area (Å²) in [5.74, 6) is -0.0884. The van der Waals surface area contributed by atoms with Gasteiger partial charge in [0.15, 0.2) is 0 Å². The summed E-state index contributed by atoms with van der Waals surface area (Å²) in [5.41, 5.74) is 0. The highest BCUT2D eigenvalue weighted by Gasteiger charge is 2.30. The maximum absolute atomic E-state index is 11.8. The monoisotopic (exact) mass is 264 g/mol. The molecule has 1 aliphatic rings. The Morgan fingerprint density at radius 3 is 2.71 bits per heavy atom. The Labute approximate surface area is 102 Å². The third-order valence-electron chi connectivity index (χ3n) is 2.43. The van der Waals surface area contributed by atoms with E-state index in [9.17, 15) is 13.2 Å². The molecular formula is C10H20N2O4S. The van der Waals surface area contributed by atoms with Crippen LogP contribution in [0.3, 0.4) is 0 Å². The minimum absolute atomic E-state index is 0.244. The second-order valence-corrected chi connectivity index (χ2v) is 6.47. The van der Waals surface area contributed by atoms with E-state index >= 15 is 0 Å². The van der Waals surface area contributed by atoms with Crippen molar-refractivity contribution in [1.82, 2.24) is 9.62 Å². The van der Waals surface area contributed by atoms with Gasteiger partial charge >= 0.3 is 0 Å². The number of hydrogen-bond acceptors (Lipinski definition) is 5. The summed E-state index contributed by atoms with van der Waals surface area (Å²) in [6.07, 6.45) is 0.974. The van der Waals surface area contributed by atoms with Crippen LogP contribution >= 0.6 is 0 Å². The molecule has 1 aliphatic heterocycles. The second-order valence-electron chi connectivity index (χ2n) is 4.72. The van der Waals surface area contributed by atoms with Crippen LogP contribution in [-0.2, 0) is 19.6 Å². The van der Waals surface area contributed by atoms with Crippen LogP contribution in [0.15, 0.2) is 0 Å². The highest BCUT2D eigenvalue weighted by atomic mass is 32.2. The van der Waals surface area contributed by atoms with Crippen molar-refractivity contribution in [3.05, 3.63) is 0 Å². The SMILES string of the molecule is CC(C)CN1CCOC[C@H]1C(=O)NS(C)(=O)=O. The molecule has 6 nitrogen and oxygen atoms in total. The Morgan fingerprint density at radius 1 is 1.53 bits per heavy atom. The first-order chi connectivity index (χ1) is 7.79. The van der Waals surface area contributed by atoms with E-state index in [1.165, 1.54) is 0 Å². The van der Waals surface area contributed by atoms with Gasteiger partial charge in [0, 0.05) is 13.1 Å². The van der Waals surface area contributed by atoms with Gasteiger partial charge in [-0.3, -0.25) is 14.4 Å². The topological polar surface area (TPSA) is 75.7 Å². The van der Waals surface area contributed by atoms with Gasteiger partial charge in [0.05, 0.1) is 19.5 Å². The van der Waals surface area contributed by atoms with Crippen LogP contribution in [-0.4, -0.2) is 57.8 Å². The Hall–Kier alpha value is -0.660. The van der Waals surface area contributed by atoms with E-state index in [0.29, 0.717) is 19.1 Å². The molecule has 17 heavy (non-hydrogen) atoms. The quantitative estimate of drug-likeness (QED) is 0.735. The molecule has 0 aromatic carbocycles. The van der Waals surface area contributed by atoms with Crippen molar-refractivity contribution in [2.75, 3.05) is 32.6 Å². The van der Waals surface area contributed by atoms with Crippen LogP contribution in [0.25, 0.3) is 0 Å². The molecule has 1 rings (SSSR count). The second kappa shape index (κ2) is 5.79. The van der Waals surface area contributed by atoms with E-state index < -0.39 is 22.0 Å². The zero-order chi connectivity index (χ0) is 13.1. The molecule has 7 heteroatoms. The third-order valence-corrected chi connectivity index (χ3v) is 3.00. The highest BCUT2D eigenvalue weighted by Crippen LogP contribution is 2.10. The van der Waals surface area contributed by atoms with Gasteiger partial charge < -0.3 is 4.74 Å². The van der Waals surface area contributed by atoms with E-state index in [1.54, 1.807) is 0 Å². The van der Waals surface area contributed by atoms with E-state index in [2.05, 4.69) is 13.8 Å². The van der Waals surface area contributed by atoms with Crippen LogP contribution < -0.4 is 4.72 Å². The summed E-state index contributed by atoms with van der Waals surface area (Å²) in [5, 5.41) is 0. The Bertz CT molecular complexity index is 367. The number of ether oxygens (including phenoxy) is 1. The molecule has 0 saturated carbocycles. The van der Waals surface area contributed by atoms with Crippen molar-refractivity contribution in [3.63, 3.8) is 0 Å². The maximum Gasteiger partial charge on any atom is 0.253 e. The lowest BCUT2D eigenvalue weighted by atomic mass is 10.1. The molecule has 0 spiro atoms. The standard InChI is InChI=1S/C10H20N2O4S/c1-8(2)6-12-4-5-16-7-9(12)10(13)11-17(3,14)15/h8-9H,4-7H2,1-3H3,(H,11,13)/t9-/m0/s1. The minimum Gasteiger partial charge on any atom is -0.378 e. The molecule has 0 radical (unpaired) electrons. The van der Waals surface area contributed by atoms with Gasteiger partial charge in [-0.2, -0.15) is 0 Å². The van der Waals surface area contributed by atoms with Crippen molar-refractivity contribution in [1.29, 1.82) is 0 Å². The van der Waals surface area contributed by atoms with E-state index in [-0.39, 0.29) is 6.61 Å². The summed E-state index contributed by atoms with van der Waals surface area (Å²) in [6, 6.07) is -0.513.